The van der Waals surface area contributed by atoms with Crippen molar-refractivity contribution in [3.63, 3.8) is 0 Å². The summed E-state index contributed by atoms with van der Waals surface area (Å²) in [6, 6.07) is 23.5. The third-order valence-corrected chi connectivity index (χ3v) is 6.41. The molecule has 1 aliphatic heterocycles. The van der Waals surface area contributed by atoms with Crippen molar-refractivity contribution in [2.24, 2.45) is 5.73 Å². The minimum absolute atomic E-state index is 0.0199. The summed E-state index contributed by atoms with van der Waals surface area (Å²) in [4.78, 5) is 40.5. The van der Waals surface area contributed by atoms with Crippen LogP contribution in [0.5, 0.6) is 0 Å². The van der Waals surface area contributed by atoms with Crippen molar-refractivity contribution in [3.05, 3.63) is 101 Å². The Bertz CT molecular complexity index is 1270. The number of nitrogens with one attached hydrogen (secondary N) is 2. The zero-order valence-electron chi connectivity index (χ0n) is 21.8. The van der Waals surface area contributed by atoms with Crippen LogP contribution in [0.4, 0.5) is 5.69 Å². The largest absolute Gasteiger partial charge is 0.374 e. The second kappa shape index (κ2) is 12.0. The van der Waals surface area contributed by atoms with Gasteiger partial charge in [-0.3, -0.25) is 14.4 Å². The van der Waals surface area contributed by atoms with Crippen LogP contribution in [0.15, 0.2) is 78.9 Å². The van der Waals surface area contributed by atoms with Crippen LogP contribution in [0.25, 0.3) is 0 Å². The van der Waals surface area contributed by atoms with Crippen molar-refractivity contribution in [2.45, 2.75) is 45.0 Å². The summed E-state index contributed by atoms with van der Waals surface area (Å²) in [6.07, 6.45) is 0.669. The van der Waals surface area contributed by atoms with Crippen molar-refractivity contribution in [1.29, 1.82) is 0 Å². The molecule has 0 saturated heterocycles. The van der Waals surface area contributed by atoms with Crippen LogP contribution in [0.1, 0.15) is 40.9 Å². The second-order valence-corrected chi connectivity index (χ2v) is 10.1. The first-order valence-electron chi connectivity index (χ1n) is 12.7. The highest BCUT2D eigenvalue weighted by atomic mass is 16.5. The number of ether oxygens (including phenoxy) is 1. The number of carbonyl (C=O) groups excluding carboxylic acids is 3. The van der Waals surface area contributed by atoms with E-state index < -0.39 is 17.5 Å². The summed E-state index contributed by atoms with van der Waals surface area (Å²) in [5, 5.41) is 5.71. The average Bonchev–Trinajstić information content (AvgIpc) is 2.92. The molecule has 0 bridgehead atoms. The van der Waals surface area contributed by atoms with Crippen molar-refractivity contribution >= 4 is 23.4 Å². The minimum atomic E-state index is -1.14. The Morgan fingerprint density at radius 2 is 1.66 bits per heavy atom. The Morgan fingerprint density at radius 3 is 2.34 bits per heavy atom. The second-order valence-electron chi connectivity index (χ2n) is 10.1. The van der Waals surface area contributed by atoms with E-state index in [1.54, 1.807) is 30.9 Å². The van der Waals surface area contributed by atoms with Crippen molar-refractivity contribution in [1.82, 2.24) is 10.2 Å². The molecule has 0 saturated carbocycles. The average molecular weight is 515 g/mol. The summed E-state index contributed by atoms with van der Waals surface area (Å²) >= 11 is 0. The predicted molar refractivity (Wildman–Crippen MR) is 146 cm³/mol. The molecule has 0 aliphatic carbocycles. The Hall–Kier alpha value is -4.01. The molecule has 4 N–H and O–H groups in total. The first kappa shape index (κ1) is 27.0. The van der Waals surface area contributed by atoms with Gasteiger partial charge in [-0.1, -0.05) is 54.6 Å². The van der Waals surface area contributed by atoms with E-state index in [2.05, 4.69) is 10.6 Å². The van der Waals surface area contributed by atoms with E-state index in [-0.39, 0.29) is 18.4 Å². The van der Waals surface area contributed by atoms with Crippen LogP contribution in [-0.2, 0) is 33.9 Å². The number of carbonyl (C=O) groups is 3. The molecule has 0 radical (unpaired) electrons. The molecule has 38 heavy (non-hydrogen) atoms. The number of anilines is 1. The topological polar surface area (TPSA) is 114 Å². The predicted octanol–water partition coefficient (Wildman–Crippen LogP) is 3.26. The van der Waals surface area contributed by atoms with Gasteiger partial charge in [0.1, 0.15) is 6.04 Å². The molecule has 1 unspecified atom stereocenters. The highest BCUT2D eigenvalue weighted by Gasteiger charge is 2.32. The summed E-state index contributed by atoms with van der Waals surface area (Å²) in [5.74, 6) is -0.862. The van der Waals surface area contributed by atoms with Crippen LogP contribution < -0.4 is 16.4 Å². The number of fused-ring (bicyclic) bond motifs is 1. The van der Waals surface area contributed by atoms with Crippen LogP contribution in [-0.4, -0.2) is 47.4 Å². The molecule has 4 rings (SSSR count). The van der Waals surface area contributed by atoms with Crippen molar-refractivity contribution < 1.29 is 19.1 Å². The number of hydrogen-bond acceptors (Lipinski definition) is 5. The fourth-order valence-corrected chi connectivity index (χ4v) is 4.22. The van der Waals surface area contributed by atoms with Crippen molar-refractivity contribution in [2.75, 3.05) is 18.5 Å². The van der Waals surface area contributed by atoms with Gasteiger partial charge in [-0.2, -0.15) is 0 Å². The summed E-state index contributed by atoms with van der Waals surface area (Å²) in [6.45, 7) is 4.40. The van der Waals surface area contributed by atoms with E-state index in [1.807, 2.05) is 66.7 Å². The van der Waals surface area contributed by atoms with E-state index in [0.29, 0.717) is 37.4 Å². The fraction of sp³-hybridized carbons (Fsp3) is 0.300. The van der Waals surface area contributed by atoms with E-state index in [4.69, 9.17) is 10.5 Å². The molecule has 1 heterocycles. The molecular formula is C30H34N4O4. The number of rotatable bonds is 9. The monoisotopic (exact) mass is 514 g/mol. The maximum Gasteiger partial charge on any atom is 0.255 e. The maximum atomic E-state index is 13.6. The first-order valence-corrected chi connectivity index (χ1v) is 12.7. The lowest BCUT2D eigenvalue weighted by Crippen LogP contribution is -2.58. The standard InChI is InChI=1S/C30H34N4O4/c1-30(2,31)29(37)33-26(20-38-19-21-9-5-3-6-10-21)28(36)34-16-15-22-13-14-25(17-24(22)18-34)32-27(35)23-11-7-4-8-12-23/h3-14,17,26H,15-16,18-20,31H2,1-2H3,(H,32,35)(H,33,37). The molecule has 3 amide bonds. The molecule has 3 aromatic carbocycles. The van der Waals surface area contributed by atoms with Crippen LogP contribution in [0, 0.1) is 0 Å². The van der Waals surface area contributed by atoms with Gasteiger partial charge in [0.05, 0.1) is 18.8 Å². The summed E-state index contributed by atoms with van der Waals surface area (Å²) in [5.41, 5.74) is 9.11. The van der Waals surface area contributed by atoms with Gasteiger partial charge < -0.3 is 26.0 Å². The van der Waals surface area contributed by atoms with Crippen molar-refractivity contribution in [3.8, 4) is 0 Å². The third-order valence-electron chi connectivity index (χ3n) is 6.41. The quantitative estimate of drug-likeness (QED) is 0.406. The molecule has 0 spiro atoms. The zero-order valence-corrected chi connectivity index (χ0v) is 21.8. The lowest BCUT2D eigenvalue weighted by atomic mass is 9.98. The highest BCUT2D eigenvalue weighted by molar-refractivity contribution is 6.04. The molecule has 3 aromatic rings. The van der Waals surface area contributed by atoms with E-state index >= 15 is 0 Å². The molecular weight excluding hydrogens is 480 g/mol. The third kappa shape index (κ3) is 7.06. The lowest BCUT2D eigenvalue weighted by Gasteiger charge is -2.33. The Labute approximate surface area is 223 Å². The van der Waals surface area contributed by atoms with Crippen LogP contribution >= 0.6 is 0 Å². The van der Waals surface area contributed by atoms with Gasteiger partial charge >= 0.3 is 0 Å². The molecule has 198 valence electrons. The minimum Gasteiger partial charge on any atom is -0.374 e. The van der Waals surface area contributed by atoms with E-state index in [9.17, 15) is 14.4 Å². The smallest absolute Gasteiger partial charge is 0.255 e. The zero-order chi connectivity index (χ0) is 27.1. The van der Waals surface area contributed by atoms with E-state index in [1.165, 1.54) is 0 Å². The molecule has 0 fully saturated rings. The van der Waals surface area contributed by atoms with Gasteiger partial charge in [0.25, 0.3) is 5.91 Å². The van der Waals surface area contributed by atoms with E-state index in [0.717, 1.165) is 16.7 Å². The Balaban J connectivity index is 1.45. The normalized spacial score (nSPS) is 13.8. The summed E-state index contributed by atoms with van der Waals surface area (Å²) in [7, 11) is 0. The number of nitrogens with zero attached hydrogens (tertiary/aromatic N) is 1. The lowest BCUT2D eigenvalue weighted by molar-refractivity contribution is -0.140. The molecule has 8 heteroatoms. The molecule has 0 aromatic heterocycles. The van der Waals surface area contributed by atoms with Gasteiger partial charge in [-0.15, -0.1) is 0 Å². The first-order chi connectivity index (χ1) is 18.2. The maximum absolute atomic E-state index is 13.6. The van der Waals surface area contributed by atoms with Crippen LogP contribution in [0.3, 0.4) is 0 Å². The molecule has 1 atom stereocenters. The van der Waals surface area contributed by atoms with Gasteiger partial charge in [0.15, 0.2) is 0 Å². The molecule has 1 aliphatic rings. The van der Waals surface area contributed by atoms with Gasteiger partial charge in [-0.05, 0) is 61.2 Å². The van der Waals surface area contributed by atoms with Gasteiger partial charge in [-0.25, -0.2) is 0 Å². The Kier molecular flexibility index (Phi) is 8.55. The SMILES string of the molecule is CC(C)(N)C(=O)NC(COCc1ccccc1)C(=O)N1CCc2ccc(NC(=O)c3ccccc3)cc2C1. The fourth-order valence-electron chi connectivity index (χ4n) is 4.22. The summed E-state index contributed by atoms with van der Waals surface area (Å²) < 4.78 is 5.83. The highest BCUT2D eigenvalue weighted by Crippen LogP contribution is 2.24. The Morgan fingerprint density at radius 1 is 0.974 bits per heavy atom. The van der Waals surface area contributed by atoms with Gasteiger partial charge in [0, 0.05) is 24.3 Å². The number of nitrogens with two attached hydrogens (primary N) is 1. The van der Waals surface area contributed by atoms with Gasteiger partial charge in [0.2, 0.25) is 11.8 Å². The van der Waals surface area contributed by atoms with Crippen LogP contribution in [0.2, 0.25) is 0 Å². The number of amides is 3. The molecule has 8 nitrogen and oxygen atoms in total. The number of hydrogen-bond donors (Lipinski definition) is 3. The number of benzene rings is 3.